The second kappa shape index (κ2) is 6.28. The zero-order valence-corrected chi connectivity index (χ0v) is 14.3. The molecule has 0 saturated heterocycles. The predicted octanol–water partition coefficient (Wildman–Crippen LogP) is 2.50. The van der Waals surface area contributed by atoms with E-state index in [1.807, 2.05) is 30.7 Å². The Bertz CT molecular complexity index is 803. The van der Waals surface area contributed by atoms with Gasteiger partial charge in [-0.15, -0.1) is 0 Å². The molecule has 0 atom stereocenters. The molecule has 0 spiro atoms. The first-order valence-corrected chi connectivity index (χ1v) is 8.17. The van der Waals surface area contributed by atoms with Crippen LogP contribution in [0.2, 0.25) is 0 Å². The van der Waals surface area contributed by atoms with Gasteiger partial charge in [-0.05, 0) is 38.3 Å². The van der Waals surface area contributed by atoms with Gasteiger partial charge in [-0.1, -0.05) is 0 Å². The second-order valence-electron chi connectivity index (χ2n) is 6.17. The van der Waals surface area contributed by atoms with E-state index in [-0.39, 0.29) is 5.54 Å². The molecular weight excluding hydrogens is 306 g/mol. The van der Waals surface area contributed by atoms with Crippen LogP contribution in [0, 0.1) is 0 Å². The lowest BCUT2D eigenvalue weighted by molar-refractivity contribution is -0.134. The van der Waals surface area contributed by atoms with E-state index >= 15 is 0 Å². The van der Waals surface area contributed by atoms with Crippen LogP contribution in [0.4, 0.5) is 0 Å². The van der Waals surface area contributed by atoms with Crippen LogP contribution < -0.4 is 10.5 Å². The number of esters is 1. The maximum Gasteiger partial charge on any atom is 0.330 e. The Balaban J connectivity index is 2.09. The zero-order chi connectivity index (χ0) is 17.3. The minimum atomic E-state index is -0.408. The Hall–Kier alpha value is -2.34. The van der Waals surface area contributed by atoms with E-state index in [4.69, 9.17) is 15.5 Å². The molecule has 1 aromatic carbocycles. The topological polar surface area (TPSA) is 79.4 Å². The molecule has 2 N–H and O–H groups in total. The molecule has 1 fully saturated rings. The Morgan fingerprint density at radius 3 is 2.79 bits per heavy atom. The number of hydrogen-bond donors (Lipinski definition) is 1. The predicted molar refractivity (Wildman–Crippen MR) is 92.6 cm³/mol. The van der Waals surface area contributed by atoms with Crippen molar-refractivity contribution in [3.05, 3.63) is 29.6 Å². The summed E-state index contributed by atoms with van der Waals surface area (Å²) in [6.07, 6.45) is 6.11. The van der Waals surface area contributed by atoms with Crippen LogP contribution in [0.15, 0.2) is 18.2 Å². The standard InChI is InChI=1S/C18H23N3O3/c1-4-24-15-11-14-13(10-12(15)6-7-16(22)23-3)20-17(21(14)2)18(19)8-5-9-18/h6-7,10-11H,4-5,8-9,19H2,1-3H3/b7-6-. The molecule has 24 heavy (non-hydrogen) atoms. The monoisotopic (exact) mass is 329 g/mol. The third-order valence-corrected chi connectivity index (χ3v) is 4.60. The minimum Gasteiger partial charge on any atom is -0.493 e. The third kappa shape index (κ3) is 2.78. The molecule has 0 bridgehead atoms. The van der Waals surface area contributed by atoms with Crippen molar-refractivity contribution < 1.29 is 14.3 Å². The maximum atomic E-state index is 11.4. The van der Waals surface area contributed by atoms with Crippen molar-refractivity contribution in [2.45, 2.75) is 31.7 Å². The van der Waals surface area contributed by atoms with Crippen molar-refractivity contribution in [3.63, 3.8) is 0 Å². The van der Waals surface area contributed by atoms with Gasteiger partial charge in [-0.3, -0.25) is 0 Å². The van der Waals surface area contributed by atoms with Gasteiger partial charge < -0.3 is 19.8 Å². The fraction of sp³-hybridized carbons (Fsp3) is 0.444. The number of fused-ring (bicyclic) bond motifs is 1. The average molecular weight is 329 g/mol. The molecule has 1 saturated carbocycles. The fourth-order valence-corrected chi connectivity index (χ4v) is 3.10. The highest BCUT2D eigenvalue weighted by Crippen LogP contribution is 2.39. The molecule has 1 aliphatic carbocycles. The minimum absolute atomic E-state index is 0.332. The number of aromatic nitrogens is 2. The van der Waals surface area contributed by atoms with Crippen LogP contribution in [0.1, 0.15) is 37.6 Å². The molecule has 0 amide bonds. The van der Waals surface area contributed by atoms with E-state index in [1.165, 1.54) is 13.2 Å². The van der Waals surface area contributed by atoms with Gasteiger partial charge >= 0.3 is 5.97 Å². The quantitative estimate of drug-likeness (QED) is 0.673. The number of hydrogen-bond acceptors (Lipinski definition) is 5. The Labute approximate surface area is 141 Å². The summed E-state index contributed by atoms with van der Waals surface area (Å²) in [6.45, 7) is 2.46. The molecule has 1 aromatic heterocycles. The summed E-state index contributed by atoms with van der Waals surface area (Å²) in [4.78, 5) is 16.1. The number of imidazole rings is 1. The van der Waals surface area contributed by atoms with E-state index in [1.54, 1.807) is 6.08 Å². The number of nitrogens with zero attached hydrogens (tertiary/aromatic N) is 2. The highest BCUT2D eigenvalue weighted by Gasteiger charge is 2.38. The Morgan fingerprint density at radius 2 is 2.21 bits per heavy atom. The van der Waals surface area contributed by atoms with E-state index < -0.39 is 5.97 Å². The van der Waals surface area contributed by atoms with Gasteiger partial charge in [-0.25, -0.2) is 9.78 Å². The molecule has 2 aromatic rings. The lowest BCUT2D eigenvalue weighted by Crippen LogP contribution is -2.45. The van der Waals surface area contributed by atoms with E-state index in [9.17, 15) is 4.79 Å². The number of carbonyl (C=O) groups excluding carboxylic acids is 1. The maximum absolute atomic E-state index is 11.4. The second-order valence-corrected chi connectivity index (χ2v) is 6.17. The third-order valence-electron chi connectivity index (χ3n) is 4.60. The molecule has 6 heteroatoms. The Morgan fingerprint density at radius 1 is 1.46 bits per heavy atom. The summed E-state index contributed by atoms with van der Waals surface area (Å²) < 4.78 is 12.4. The van der Waals surface area contributed by atoms with Crippen molar-refractivity contribution in [2.75, 3.05) is 13.7 Å². The van der Waals surface area contributed by atoms with E-state index in [2.05, 4.69) is 4.74 Å². The molecule has 3 rings (SSSR count). The number of benzene rings is 1. The van der Waals surface area contributed by atoms with Gasteiger partial charge in [0, 0.05) is 24.8 Å². The van der Waals surface area contributed by atoms with Gasteiger partial charge in [0.2, 0.25) is 0 Å². The summed E-state index contributed by atoms with van der Waals surface area (Å²) in [5.74, 6) is 1.20. The first-order valence-electron chi connectivity index (χ1n) is 8.17. The summed E-state index contributed by atoms with van der Waals surface area (Å²) in [5.41, 5.74) is 8.73. The van der Waals surface area contributed by atoms with Gasteiger partial charge in [0.1, 0.15) is 11.6 Å². The highest BCUT2D eigenvalue weighted by molar-refractivity contribution is 5.89. The van der Waals surface area contributed by atoms with Crippen LogP contribution in [-0.2, 0) is 22.1 Å². The van der Waals surface area contributed by atoms with Crippen LogP contribution in [-0.4, -0.2) is 29.2 Å². The fourth-order valence-electron chi connectivity index (χ4n) is 3.10. The summed E-state index contributed by atoms with van der Waals surface area (Å²) in [6, 6.07) is 3.87. The van der Waals surface area contributed by atoms with Gasteiger partial charge in [0.05, 0.1) is 30.3 Å². The van der Waals surface area contributed by atoms with Crippen LogP contribution in [0.3, 0.4) is 0 Å². The normalized spacial score (nSPS) is 16.3. The molecule has 0 unspecified atom stereocenters. The SMILES string of the molecule is CCOc1cc2c(cc1/C=C\C(=O)OC)nc(C1(N)CCC1)n2C. The van der Waals surface area contributed by atoms with Crippen molar-refractivity contribution in [3.8, 4) is 5.75 Å². The summed E-state index contributed by atoms with van der Waals surface area (Å²) in [7, 11) is 3.33. The van der Waals surface area contributed by atoms with E-state index in [0.29, 0.717) is 12.4 Å². The largest absolute Gasteiger partial charge is 0.493 e. The number of carbonyl (C=O) groups is 1. The number of aryl methyl sites for hydroxylation is 1. The molecular formula is C18H23N3O3. The number of methoxy groups -OCH3 is 1. The van der Waals surface area contributed by atoms with Gasteiger partial charge in [-0.2, -0.15) is 0 Å². The first-order chi connectivity index (χ1) is 11.5. The highest BCUT2D eigenvalue weighted by atomic mass is 16.5. The van der Waals surface area contributed by atoms with Crippen molar-refractivity contribution in [1.82, 2.24) is 9.55 Å². The molecule has 6 nitrogen and oxygen atoms in total. The van der Waals surface area contributed by atoms with Crippen LogP contribution in [0.25, 0.3) is 17.1 Å². The summed E-state index contributed by atoms with van der Waals surface area (Å²) >= 11 is 0. The average Bonchev–Trinajstić information content (AvgIpc) is 2.87. The lowest BCUT2D eigenvalue weighted by atomic mass is 9.77. The first kappa shape index (κ1) is 16.5. The molecule has 0 aliphatic heterocycles. The van der Waals surface area contributed by atoms with Crippen molar-refractivity contribution in [1.29, 1.82) is 0 Å². The van der Waals surface area contributed by atoms with Crippen molar-refractivity contribution in [2.24, 2.45) is 12.8 Å². The molecule has 0 radical (unpaired) electrons. The number of ether oxygens (including phenoxy) is 2. The Kier molecular flexibility index (Phi) is 4.32. The smallest absolute Gasteiger partial charge is 0.330 e. The summed E-state index contributed by atoms with van der Waals surface area (Å²) in [5, 5.41) is 0. The van der Waals surface area contributed by atoms with Crippen molar-refractivity contribution >= 4 is 23.1 Å². The zero-order valence-electron chi connectivity index (χ0n) is 14.3. The van der Waals surface area contributed by atoms with Crippen LogP contribution in [0.5, 0.6) is 5.75 Å². The number of nitrogens with two attached hydrogens (primary N) is 1. The van der Waals surface area contributed by atoms with Gasteiger partial charge in [0.15, 0.2) is 0 Å². The van der Waals surface area contributed by atoms with Crippen LogP contribution >= 0.6 is 0 Å². The lowest BCUT2D eigenvalue weighted by Gasteiger charge is -2.37. The molecule has 128 valence electrons. The molecule has 1 aliphatic rings. The van der Waals surface area contributed by atoms with E-state index in [0.717, 1.165) is 41.7 Å². The molecule has 1 heterocycles. The number of rotatable bonds is 5. The van der Waals surface area contributed by atoms with Gasteiger partial charge in [0.25, 0.3) is 0 Å².